The van der Waals surface area contributed by atoms with Gasteiger partial charge in [-0.15, -0.1) is 0 Å². The van der Waals surface area contributed by atoms with Crippen LogP contribution in [-0.4, -0.2) is 0 Å². The van der Waals surface area contributed by atoms with Crippen LogP contribution in [0.3, 0.4) is 0 Å². The van der Waals surface area contributed by atoms with Gasteiger partial charge in [0.25, 0.3) is 0 Å². The minimum absolute atomic E-state index is 0.0793. The normalized spacial score (nSPS) is 12.5. The largest absolute Gasteiger partial charge is 0.0622 e. The molecule has 0 N–H and O–H groups in total. The third-order valence-corrected chi connectivity index (χ3v) is 9.66. The maximum atomic E-state index is 2.34. The molecule has 4 aromatic carbocycles. The molecule has 0 aromatic heterocycles. The zero-order chi connectivity index (χ0) is 28.2. The summed E-state index contributed by atoms with van der Waals surface area (Å²) in [5.74, 6) is 0. The van der Waals surface area contributed by atoms with Crippen molar-refractivity contribution in [1.29, 1.82) is 0 Å². The van der Waals surface area contributed by atoms with Gasteiger partial charge in [-0.3, -0.25) is 0 Å². The van der Waals surface area contributed by atoms with E-state index in [0.29, 0.717) is 0 Å². The summed E-state index contributed by atoms with van der Waals surface area (Å²) in [4.78, 5) is 0. The number of rotatable bonds is 6. The van der Waals surface area contributed by atoms with Crippen LogP contribution in [0.15, 0.2) is 109 Å². The average molecular weight is 505 g/mol. The summed E-state index contributed by atoms with van der Waals surface area (Å²) in [6, 6.07) is 39.5. The lowest BCUT2D eigenvalue weighted by molar-refractivity contribution is 0.303. The van der Waals surface area contributed by atoms with E-state index >= 15 is 0 Å². The highest BCUT2D eigenvalue weighted by atomic mass is 14.4. The van der Waals surface area contributed by atoms with Crippen molar-refractivity contribution >= 4 is 0 Å². The van der Waals surface area contributed by atoms with Gasteiger partial charge < -0.3 is 0 Å². The Bertz CT molecular complexity index is 1170. The van der Waals surface area contributed by atoms with Crippen LogP contribution in [0, 0.1) is 13.8 Å². The van der Waals surface area contributed by atoms with E-state index in [9.17, 15) is 0 Å². The Morgan fingerprint density at radius 2 is 0.500 bits per heavy atom. The smallest absolute Gasteiger partial charge is 0.00120 e. The lowest BCUT2D eigenvalue weighted by Crippen LogP contribution is -2.40. The van der Waals surface area contributed by atoms with Crippen LogP contribution in [0.4, 0.5) is 0 Å². The topological polar surface area (TPSA) is 0 Å². The van der Waals surface area contributed by atoms with E-state index in [-0.39, 0.29) is 21.7 Å². The molecule has 0 aliphatic heterocycles. The van der Waals surface area contributed by atoms with E-state index in [0.717, 1.165) is 0 Å². The van der Waals surface area contributed by atoms with Crippen LogP contribution in [0.2, 0.25) is 0 Å². The van der Waals surface area contributed by atoms with Gasteiger partial charge in [0.05, 0.1) is 0 Å². The van der Waals surface area contributed by atoms with Crippen molar-refractivity contribution < 1.29 is 0 Å². The maximum Gasteiger partial charge on any atom is -0.00120 e. The summed E-state index contributed by atoms with van der Waals surface area (Å²) in [6.45, 7) is 23.0. The highest BCUT2D eigenvalue weighted by Crippen LogP contribution is 2.44. The average Bonchev–Trinajstić information content (AvgIpc) is 2.90. The summed E-state index contributed by atoms with van der Waals surface area (Å²) in [7, 11) is 0. The fourth-order valence-corrected chi connectivity index (χ4v) is 5.09. The van der Waals surface area contributed by atoms with Gasteiger partial charge in [-0.05, 0) is 57.8 Å². The predicted octanol–water partition coefficient (Wildman–Crippen LogP) is 10.5. The summed E-state index contributed by atoms with van der Waals surface area (Å²) < 4.78 is 0. The molecule has 0 spiro atoms. The third-order valence-electron chi connectivity index (χ3n) is 9.66. The van der Waals surface area contributed by atoms with Gasteiger partial charge in [0, 0.05) is 0 Å². The summed E-state index contributed by atoms with van der Waals surface area (Å²) >= 11 is 0. The molecule has 0 aliphatic rings. The van der Waals surface area contributed by atoms with Crippen molar-refractivity contribution in [2.75, 3.05) is 0 Å². The molecule has 0 nitrogen and oxygen atoms in total. The molecule has 0 heterocycles. The Kier molecular flexibility index (Phi) is 8.77. The molecule has 0 heteroatoms. The molecule has 4 rings (SSSR count). The van der Waals surface area contributed by atoms with Crippen molar-refractivity contribution in [1.82, 2.24) is 0 Å². The van der Waals surface area contributed by atoms with E-state index in [1.165, 1.54) is 33.4 Å². The first-order chi connectivity index (χ1) is 17.7. The van der Waals surface area contributed by atoms with Crippen molar-refractivity contribution in [3.05, 3.63) is 143 Å². The minimum atomic E-state index is 0.0793. The van der Waals surface area contributed by atoms with Gasteiger partial charge >= 0.3 is 0 Å². The standard InChI is InChI=1S/C20H26.C18H22/c1-15-7-11-17(12-8-15)19(3,4)20(5,6)18-13-9-16(2)10-14-18;1-17(2,15-11-7-5-8-12-15)18(3,4)16-13-9-6-10-14-16/h7-14H,1-6H3;5-14H,1-4H3. The van der Waals surface area contributed by atoms with E-state index in [2.05, 4.69) is 178 Å². The third kappa shape index (κ3) is 5.96. The summed E-state index contributed by atoms with van der Waals surface area (Å²) in [6.07, 6.45) is 0. The number of hydrogen-bond donors (Lipinski definition) is 0. The molecule has 38 heavy (non-hydrogen) atoms. The maximum absolute atomic E-state index is 2.34. The predicted molar refractivity (Wildman–Crippen MR) is 167 cm³/mol. The molecule has 0 unspecified atom stereocenters. The first kappa shape index (κ1) is 29.4. The zero-order valence-corrected chi connectivity index (χ0v) is 25.4. The Hall–Kier alpha value is -3.12. The van der Waals surface area contributed by atoms with E-state index in [4.69, 9.17) is 0 Å². The second-order valence-corrected chi connectivity index (χ2v) is 13.0. The van der Waals surface area contributed by atoms with Gasteiger partial charge in [-0.1, -0.05) is 176 Å². The summed E-state index contributed by atoms with van der Waals surface area (Å²) in [5.41, 5.74) is 8.55. The van der Waals surface area contributed by atoms with Gasteiger partial charge in [0.15, 0.2) is 0 Å². The Balaban J connectivity index is 0.000000212. The molecule has 4 aromatic rings. The van der Waals surface area contributed by atoms with Crippen molar-refractivity contribution in [2.45, 2.75) is 90.9 Å². The van der Waals surface area contributed by atoms with Gasteiger partial charge in [0.2, 0.25) is 0 Å². The van der Waals surface area contributed by atoms with Crippen LogP contribution in [0.1, 0.15) is 88.8 Å². The quantitative estimate of drug-likeness (QED) is 0.245. The lowest BCUT2D eigenvalue weighted by atomic mass is 9.61. The minimum Gasteiger partial charge on any atom is -0.0622 e. The molecule has 0 fully saturated rings. The molecule has 0 aliphatic carbocycles. The zero-order valence-electron chi connectivity index (χ0n) is 25.4. The highest BCUT2D eigenvalue weighted by molar-refractivity contribution is 5.38. The lowest BCUT2D eigenvalue weighted by Gasteiger charge is -2.43. The van der Waals surface area contributed by atoms with Crippen LogP contribution in [-0.2, 0) is 21.7 Å². The van der Waals surface area contributed by atoms with Crippen LogP contribution in [0.5, 0.6) is 0 Å². The van der Waals surface area contributed by atoms with Crippen LogP contribution < -0.4 is 0 Å². The van der Waals surface area contributed by atoms with E-state index in [1.54, 1.807) is 0 Å². The van der Waals surface area contributed by atoms with Crippen molar-refractivity contribution in [2.24, 2.45) is 0 Å². The molecule has 0 amide bonds. The van der Waals surface area contributed by atoms with E-state index in [1.807, 2.05) is 0 Å². The number of aryl methyl sites for hydroxylation is 2. The van der Waals surface area contributed by atoms with Crippen LogP contribution >= 0.6 is 0 Å². The number of hydrogen-bond acceptors (Lipinski definition) is 0. The Morgan fingerprint density at radius 1 is 0.289 bits per heavy atom. The van der Waals surface area contributed by atoms with Crippen molar-refractivity contribution in [3.8, 4) is 0 Å². The molecular formula is C38H48. The first-order valence-corrected chi connectivity index (χ1v) is 14.0. The van der Waals surface area contributed by atoms with Crippen molar-refractivity contribution in [3.63, 3.8) is 0 Å². The van der Waals surface area contributed by atoms with Gasteiger partial charge in [-0.25, -0.2) is 0 Å². The highest BCUT2D eigenvalue weighted by Gasteiger charge is 2.40. The Labute approximate surface area is 233 Å². The fraction of sp³-hybridized carbons (Fsp3) is 0.368. The van der Waals surface area contributed by atoms with Gasteiger partial charge in [0.1, 0.15) is 0 Å². The van der Waals surface area contributed by atoms with Gasteiger partial charge in [-0.2, -0.15) is 0 Å². The molecule has 0 saturated carbocycles. The Morgan fingerprint density at radius 3 is 0.737 bits per heavy atom. The van der Waals surface area contributed by atoms with E-state index < -0.39 is 0 Å². The second-order valence-electron chi connectivity index (χ2n) is 13.0. The second kappa shape index (κ2) is 11.3. The molecule has 0 saturated heterocycles. The molecule has 0 bridgehead atoms. The first-order valence-electron chi connectivity index (χ1n) is 14.0. The summed E-state index contributed by atoms with van der Waals surface area (Å²) in [5, 5.41) is 0. The fourth-order valence-electron chi connectivity index (χ4n) is 5.09. The monoisotopic (exact) mass is 504 g/mol. The molecule has 0 atom stereocenters. The molecule has 200 valence electrons. The molecular weight excluding hydrogens is 456 g/mol. The SMILES string of the molecule is CC(C)(c1ccccc1)C(C)(C)c1ccccc1.Cc1ccc(C(C)(C)C(C)(C)c2ccc(C)cc2)cc1. The van der Waals surface area contributed by atoms with Crippen LogP contribution in [0.25, 0.3) is 0 Å². The number of benzene rings is 4. The molecule has 0 radical (unpaired) electrons.